The van der Waals surface area contributed by atoms with Gasteiger partial charge in [0.15, 0.2) is 6.61 Å². The van der Waals surface area contributed by atoms with Crippen LogP contribution in [0.3, 0.4) is 0 Å². The van der Waals surface area contributed by atoms with Crippen LogP contribution in [-0.2, 0) is 16.1 Å². The van der Waals surface area contributed by atoms with Gasteiger partial charge in [-0.05, 0) is 30.9 Å². The number of carbonyl (C=O) groups excluding carboxylic acids is 2. The van der Waals surface area contributed by atoms with Crippen molar-refractivity contribution in [2.75, 3.05) is 20.3 Å². The first-order valence-corrected chi connectivity index (χ1v) is 11.2. The Kier molecular flexibility index (Phi) is 9.85. The summed E-state index contributed by atoms with van der Waals surface area (Å²) in [7, 11) is 1.32. The number of hydrogen-bond donors (Lipinski definition) is 1. The van der Waals surface area contributed by atoms with Crippen molar-refractivity contribution in [2.24, 2.45) is 5.92 Å². The van der Waals surface area contributed by atoms with Gasteiger partial charge in [-0.3, -0.25) is 19.7 Å². The summed E-state index contributed by atoms with van der Waals surface area (Å²) < 4.78 is 10.7. The molecule has 0 saturated heterocycles. The molecule has 9 heteroatoms. The van der Waals surface area contributed by atoms with Crippen LogP contribution in [-0.4, -0.2) is 47.9 Å². The Balaban J connectivity index is 2.24. The fraction of sp³-hybridized carbons (Fsp3) is 0.440. The lowest BCUT2D eigenvalue weighted by Crippen LogP contribution is -2.50. The summed E-state index contributed by atoms with van der Waals surface area (Å²) in [6.45, 7) is 8.26. The van der Waals surface area contributed by atoms with E-state index in [1.54, 1.807) is 0 Å². The van der Waals surface area contributed by atoms with E-state index in [1.807, 2.05) is 52.0 Å². The van der Waals surface area contributed by atoms with E-state index in [9.17, 15) is 19.7 Å². The number of carbonyl (C=O) groups is 2. The highest BCUT2D eigenvalue weighted by Crippen LogP contribution is 2.30. The zero-order valence-electron chi connectivity index (χ0n) is 20.4. The van der Waals surface area contributed by atoms with Crippen LogP contribution in [0, 0.1) is 23.0 Å². The average molecular weight is 472 g/mol. The van der Waals surface area contributed by atoms with E-state index in [0.717, 1.165) is 11.1 Å². The molecule has 1 N–H and O–H groups in total. The van der Waals surface area contributed by atoms with Crippen LogP contribution in [0.15, 0.2) is 42.5 Å². The van der Waals surface area contributed by atoms with Crippen molar-refractivity contribution in [3.05, 3.63) is 63.7 Å². The van der Waals surface area contributed by atoms with Crippen molar-refractivity contribution in [3.8, 4) is 11.5 Å². The van der Waals surface area contributed by atoms with E-state index >= 15 is 0 Å². The Morgan fingerprint density at radius 3 is 2.50 bits per heavy atom. The van der Waals surface area contributed by atoms with Crippen LogP contribution < -0.4 is 14.8 Å². The SMILES string of the molecule is CC[C@H](C(=O)NCC(C)C)N(Cc1cccc(C)c1)C(=O)COc1ccc([N+](=O)[O-])c(OC)c1. The van der Waals surface area contributed by atoms with Gasteiger partial charge in [-0.1, -0.05) is 50.6 Å². The summed E-state index contributed by atoms with van der Waals surface area (Å²) in [4.78, 5) is 38.2. The Hall–Kier alpha value is -3.62. The van der Waals surface area contributed by atoms with Crippen LogP contribution in [0.2, 0.25) is 0 Å². The van der Waals surface area contributed by atoms with Crippen molar-refractivity contribution in [3.63, 3.8) is 0 Å². The van der Waals surface area contributed by atoms with Gasteiger partial charge in [0.05, 0.1) is 12.0 Å². The maximum atomic E-state index is 13.3. The predicted octanol–water partition coefficient (Wildman–Crippen LogP) is 3.87. The Morgan fingerprint density at radius 2 is 1.91 bits per heavy atom. The number of nitro benzene ring substituents is 1. The fourth-order valence-electron chi connectivity index (χ4n) is 3.48. The normalized spacial score (nSPS) is 11.6. The number of benzene rings is 2. The molecule has 0 aliphatic carbocycles. The molecule has 2 rings (SSSR count). The van der Waals surface area contributed by atoms with Gasteiger partial charge >= 0.3 is 5.69 Å². The number of nitrogens with one attached hydrogen (secondary N) is 1. The molecule has 1 atom stereocenters. The molecule has 184 valence electrons. The molecule has 0 saturated carbocycles. The minimum Gasteiger partial charge on any atom is -0.490 e. The minimum atomic E-state index is -0.665. The number of nitrogens with zero attached hydrogens (tertiary/aromatic N) is 2. The molecular weight excluding hydrogens is 438 g/mol. The largest absolute Gasteiger partial charge is 0.490 e. The van der Waals surface area contributed by atoms with Crippen LogP contribution in [0.25, 0.3) is 0 Å². The van der Waals surface area contributed by atoms with Gasteiger partial charge in [0.2, 0.25) is 11.7 Å². The quantitative estimate of drug-likeness (QED) is 0.372. The second-order valence-electron chi connectivity index (χ2n) is 8.45. The average Bonchev–Trinajstić information content (AvgIpc) is 2.80. The van der Waals surface area contributed by atoms with Gasteiger partial charge in [0.1, 0.15) is 11.8 Å². The molecule has 0 spiro atoms. The Morgan fingerprint density at radius 1 is 1.18 bits per heavy atom. The standard InChI is InChI=1S/C25H33N3O6/c1-6-21(25(30)26-14-17(2)3)27(15-19-9-7-8-18(4)12-19)24(29)16-34-20-10-11-22(28(31)32)23(13-20)33-5/h7-13,17,21H,6,14-16H2,1-5H3,(H,26,30)/t21-/m1/s1. The van der Waals surface area contributed by atoms with Crippen molar-refractivity contribution in [1.82, 2.24) is 10.2 Å². The Labute approximate surface area is 200 Å². The molecule has 0 unspecified atom stereocenters. The first-order valence-electron chi connectivity index (χ1n) is 11.2. The molecule has 2 aromatic rings. The molecule has 0 fully saturated rings. The molecule has 2 aromatic carbocycles. The van der Waals surface area contributed by atoms with Crippen LogP contribution in [0.1, 0.15) is 38.3 Å². The van der Waals surface area contributed by atoms with Crippen molar-refractivity contribution >= 4 is 17.5 Å². The second kappa shape index (κ2) is 12.6. The lowest BCUT2D eigenvalue weighted by Gasteiger charge is -2.31. The summed E-state index contributed by atoms with van der Waals surface area (Å²) >= 11 is 0. The molecule has 2 amide bonds. The van der Waals surface area contributed by atoms with E-state index < -0.39 is 11.0 Å². The number of nitro groups is 1. The number of rotatable bonds is 12. The zero-order valence-corrected chi connectivity index (χ0v) is 20.4. The zero-order chi connectivity index (χ0) is 25.3. The lowest BCUT2D eigenvalue weighted by molar-refractivity contribution is -0.385. The minimum absolute atomic E-state index is 0.0334. The number of ether oxygens (including phenoxy) is 2. The molecule has 0 aliphatic heterocycles. The Bertz CT molecular complexity index is 1010. The van der Waals surface area contributed by atoms with Gasteiger partial charge in [0, 0.05) is 25.2 Å². The molecule has 9 nitrogen and oxygen atoms in total. The lowest BCUT2D eigenvalue weighted by atomic mass is 10.1. The topological polar surface area (TPSA) is 111 Å². The maximum absolute atomic E-state index is 13.3. The first kappa shape index (κ1) is 26.6. The molecule has 0 bridgehead atoms. The molecule has 0 heterocycles. The van der Waals surface area contributed by atoms with E-state index in [0.29, 0.717) is 13.0 Å². The molecule has 0 aromatic heterocycles. The van der Waals surface area contributed by atoms with Gasteiger partial charge < -0.3 is 19.7 Å². The summed E-state index contributed by atoms with van der Waals surface area (Å²) in [5.74, 6) is -0.0166. The molecule has 34 heavy (non-hydrogen) atoms. The molecule has 0 aliphatic rings. The van der Waals surface area contributed by atoms with Crippen LogP contribution in [0.5, 0.6) is 11.5 Å². The maximum Gasteiger partial charge on any atom is 0.311 e. The highest BCUT2D eigenvalue weighted by Gasteiger charge is 2.29. The van der Waals surface area contributed by atoms with E-state index in [-0.39, 0.29) is 48.1 Å². The number of methoxy groups -OCH3 is 1. The molecular formula is C25H33N3O6. The van der Waals surface area contributed by atoms with Crippen molar-refractivity contribution in [2.45, 2.75) is 46.7 Å². The third-order valence-corrected chi connectivity index (χ3v) is 5.22. The highest BCUT2D eigenvalue weighted by atomic mass is 16.6. The van der Waals surface area contributed by atoms with Crippen molar-refractivity contribution in [1.29, 1.82) is 0 Å². The van der Waals surface area contributed by atoms with Gasteiger partial charge in [0.25, 0.3) is 5.91 Å². The van der Waals surface area contributed by atoms with E-state index in [2.05, 4.69) is 5.32 Å². The summed E-state index contributed by atoms with van der Waals surface area (Å²) in [5.41, 5.74) is 1.76. The second-order valence-corrected chi connectivity index (χ2v) is 8.45. The first-order chi connectivity index (χ1) is 16.2. The van der Waals surface area contributed by atoms with Gasteiger partial charge in [-0.2, -0.15) is 0 Å². The van der Waals surface area contributed by atoms with Crippen molar-refractivity contribution < 1.29 is 24.0 Å². The third-order valence-electron chi connectivity index (χ3n) is 5.22. The molecule has 0 radical (unpaired) electrons. The number of hydrogen-bond acceptors (Lipinski definition) is 6. The van der Waals surface area contributed by atoms with E-state index in [4.69, 9.17) is 9.47 Å². The highest BCUT2D eigenvalue weighted by molar-refractivity contribution is 5.88. The number of aryl methyl sites for hydroxylation is 1. The smallest absolute Gasteiger partial charge is 0.311 e. The van der Waals surface area contributed by atoms with E-state index in [1.165, 1.54) is 30.2 Å². The summed E-state index contributed by atoms with van der Waals surface area (Å²) in [6, 6.07) is 11.1. The van der Waals surface area contributed by atoms with Gasteiger partial charge in [-0.15, -0.1) is 0 Å². The summed E-state index contributed by atoms with van der Waals surface area (Å²) in [5, 5.41) is 14.0. The fourth-order valence-corrected chi connectivity index (χ4v) is 3.48. The summed E-state index contributed by atoms with van der Waals surface area (Å²) in [6.07, 6.45) is 0.437. The van der Waals surface area contributed by atoms with Crippen LogP contribution in [0.4, 0.5) is 5.69 Å². The van der Waals surface area contributed by atoms with Gasteiger partial charge in [-0.25, -0.2) is 0 Å². The predicted molar refractivity (Wildman–Crippen MR) is 129 cm³/mol. The van der Waals surface area contributed by atoms with Crippen LogP contribution >= 0.6 is 0 Å². The third kappa shape index (κ3) is 7.47. The monoisotopic (exact) mass is 471 g/mol. The number of amides is 2.